The molecule has 0 saturated carbocycles. The number of hydrogen-bond donors (Lipinski definition) is 1. The molecule has 8 nitrogen and oxygen atoms in total. The minimum Gasteiger partial charge on any atom is -0.345 e. The molecule has 2 aromatic rings. The summed E-state index contributed by atoms with van der Waals surface area (Å²) in [6.45, 7) is 2.47. The van der Waals surface area contributed by atoms with Gasteiger partial charge < -0.3 is 4.90 Å². The van der Waals surface area contributed by atoms with Crippen LogP contribution in [-0.4, -0.2) is 49.8 Å². The SMILES string of the molecule is ClCc1ccc(Cl)nc1.N#CN=C1SCCN1Cc1ccc(Cl)nc1.N#CNC1=NCCS1. The monoisotopic (exact) mass is 540 g/mol. The van der Waals surface area contributed by atoms with Crippen LogP contribution < -0.4 is 5.32 Å². The first-order valence-electron chi connectivity index (χ1n) is 9.49. The average Bonchev–Trinajstić information content (AvgIpc) is 3.50. The molecule has 0 unspecified atom stereocenters. The molecule has 0 bridgehead atoms. The first kappa shape index (κ1) is 27.0. The van der Waals surface area contributed by atoms with Crippen LogP contribution in [0.15, 0.2) is 46.6 Å². The van der Waals surface area contributed by atoms with Gasteiger partial charge in [-0.05, 0) is 23.3 Å². The number of nitrogens with zero attached hydrogens (tertiary/aromatic N) is 7. The van der Waals surface area contributed by atoms with Gasteiger partial charge in [0, 0.05) is 42.9 Å². The van der Waals surface area contributed by atoms with Gasteiger partial charge in [0.25, 0.3) is 0 Å². The van der Waals surface area contributed by atoms with Crippen LogP contribution in [0.4, 0.5) is 0 Å². The number of nitrogens with one attached hydrogen (secondary N) is 1. The fourth-order valence-corrected chi connectivity index (χ4v) is 4.39. The van der Waals surface area contributed by atoms with Crippen LogP contribution in [0.25, 0.3) is 0 Å². The minimum atomic E-state index is 0.490. The lowest BCUT2D eigenvalue weighted by atomic mass is 10.3. The molecule has 2 aliphatic rings. The second-order valence-corrected chi connectivity index (χ2v) is 9.34. The number of nitriles is 2. The minimum absolute atomic E-state index is 0.490. The molecule has 1 N–H and O–H groups in total. The summed E-state index contributed by atoms with van der Waals surface area (Å²) in [5.74, 6) is 2.47. The first-order chi connectivity index (χ1) is 16.0. The summed E-state index contributed by atoms with van der Waals surface area (Å²) < 4.78 is 0. The van der Waals surface area contributed by atoms with Gasteiger partial charge in [-0.1, -0.05) is 58.9 Å². The van der Waals surface area contributed by atoms with Gasteiger partial charge in [0.2, 0.25) is 6.19 Å². The molecular formula is C20H19Cl3N8S2. The lowest BCUT2D eigenvalue weighted by Gasteiger charge is -2.16. The Balaban J connectivity index is 0.000000192. The van der Waals surface area contributed by atoms with Crippen molar-refractivity contribution in [2.75, 3.05) is 24.6 Å². The van der Waals surface area contributed by atoms with Crippen LogP contribution in [-0.2, 0) is 12.4 Å². The van der Waals surface area contributed by atoms with Crippen LogP contribution >= 0.6 is 58.3 Å². The van der Waals surface area contributed by atoms with Gasteiger partial charge in [0.1, 0.15) is 10.3 Å². The molecule has 0 radical (unpaired) electrons. The number of aliphatic imine (C=N–C) groups is 2. The van der Waals surface area contributed by atoms with Crippen LogP contribution in [0.2, 0.25) is 10.3 Å². The summed E-state index contributed by atoms with van der Waals surface area (Å²) in [5.41, 5.74) is 2.05. The summed E-state index contributed by atoms with van der Waals surface area (Å²) in [5, 5.41) is 21.6. The van der Waals surface area contributed by atoms with Crippen LogP contribution in [0.1, 0.15) is 11.1 Å². The van der Waals surface area contributed by atoms with E-state index in [9.17, 15) is 0 Å². The van der Waals surface area contributed by atoms with Gasteiger partial charge in [-0.2, -0.15) is 10.5 Å². The Morgan fingerprint density at radius 1 is 1.03 bits per heavy atom. The maximum absolute atomic E-state index is 8.54. The van der Waals surface area contributed by atoms with E-state index in [-0.39, 0.29) is 0 Å². The molecule has 1 saturated heterocycles. The van der Waals surface area contributed by atoms with E-state index >= 15 is 0 Å². The Morgan fingerprint density at radius 3 is 2.24 bits per heavy atom. The molecule has 172 valence electrons. The third-order valence-corrected chi connectivity index (χ3v) is 6.50. The second-order valence-electron chi connectivity index (χ2n) is 6.15. The standard InChI is InChI=1S/C10H9ClN4S.C6H5Cl2N.C4H5N3S/c11-9-2-1-8(5-13-9)6-15-3-4-16-10(15)14-7-12;7-3-5-1-2-6(8)9-4-5;5-3-7-4-6-1-2-8-4/h1-2,5H,3-4,6H2;1-2,4H,3H2;1-2H2,(H,6,7). The Hall–Kier alpha value is -2.21. The van der Waals surface area contributed by atoms with Crippen LogP contribution in [0.3, 0.4) is 0 Å². The van der Waals surface area contributed by atoms with Gasteiger partial charge in [-0.3, -0.25) is 10.3 Å². The fourth-order valence-electron chi connectivity index (χ4n) is 2.39. The van der Waals surface area contributed by atoms with E-state index in [1.807, 2.05) is 24.5 Å². The van der Waals surface area contributed by atoms with Gasteiger partial charge >= 0.3 is 0 Å². The van der Waals surface area contributed by atoms with Crippen LogP contribution in [0.5, 0.6) is 0 Å². The number of amidine groups is 2. The van der Waals surface area contributed by atoms with Crippen molar-refractivity contribution < 1.29 is 0 Å². The largest absolute Gasteiger partial charge is 0.345 e. The molecule has 0 aliphatic carbocycles. The highest BCUT2D eigenvalue weighted by Gasteiger charge is 2.19. The van der Waals surface area contributed by atoms with E-state index in [1.165, 1.54) is 0 Å². The van der Waals surface area contributed by atoms with Crippen molar-refractivity contribution in [1.29, 1.82) is 10.5 Å². The Morgan fingerprint density at radius 2 is 1.73 bits per heavy atom. The smallest absolute Gasteiger partial charge is 0.208 e. The van der Waals surface area contributed by atoms with Gasteiger partial charge in [-0.15, -0.1) is 16.6 Å². The Bertz CT molecular complexity index is 1020. The number of hydrogen-bond acceptors (Lipinski definition) is 9. The van der Waals surface area contributed by atoms with E-state index in [0.29, 0.717) is 16.2 Å². The normalized spacial score (nSPS) is 15.4. The zero-order valence-electron chi connectivity index (χ0n) is 17.3. The summed E-state index contributed by atoms with van der Waals surface area (Å²) in [6, 6.07) is 7.27. The van der Waals surface area contributed by atoms with E-state index < -0.39 is 0 Å². The number of alkyl halides is 1. The number of halogens is 3. The summed E-state index contributed by atoms with van der Waals surface area (Å²) in [7, 11) is 0. The molecule has 2 aromatic heterocycles. The second kappa shape index (κ2) is 15.6. The molecule has 1 fully saturated rings. The lowest BCUT2D eigenvalue weighted by Crippen LogP contribution is -2.23. The highest BCUT2D eigenvalue weighted by Crippen LogP contribution is 2.20. The molecule has 0 atom stereocenters. The third kappa shape index (κ3) is 10.5. The summed E-state index contributed by atoms with van der Waals surface area (Å²) >= 11 is 19.9. The van der Waals surface area contributed by atoms with E-state index in [1.54, 1.807) is 48.1 Å². The molecule has 2 aliphatic heterocycles. The maximum Gasteiger partial charge on any atom is 0.208 e. The zero-order valence-corrected chi connectivity index (χ0v) is 21.2. The fraction of sp³-hybridized carbons (Fsp3) is 0.300. The maximum atomic E-state index is 8.54. The van der Waals surface area contributed by atoms with E-state index in [2.05, 4.69) is 30.2 Å². The molecule has 4 rings (SSSR count). The molecule has 0 spiro atoms. The van der Waals surface area contributed by atoms with Gasteiger partial charge in [0.15, 0.2) is 16.5 Å². The number of thioether (sulfide) groups is 2. The lowest BCUT2D eigenvalue weighted by molar-refractivity contribution is 0.456. The van der Waals surface area contributed by atoms with Crippen molar-refractivity contribution in [2.45, 2.75) is 12.4 Å². The zero-order chi connectivity index (χ0) is 23.9. The third-order valence-electron chi connectivity index (χ3n) is 3.86. The number of rotatable bonds is 3. The average molecular weight is 542 g/mol. The Labute approximate surface area is 216 Å². The van der Waals surface area contributed by atoms with Gasteiger partial charge in [0.05, 0.1) is 6.54 Å². The molecule has 4 heterocycles. The molecule has 13 heteroatoms. The summed E-state index contributed by atoms with van der Waals surface area (Å²) in [4.78, 5) is 17.7. The summed E-state index contributed by atoms with van der Waals surface area (Å²) in [6.07, 6.45) is 7.04. The van der Waals surface area contributed by atoms with E-state index in [0.717, 1.165) is 52.6 Å². The van der Waals surface area contributed by atoms with Crippen molar-refractivity contribution in [3.05, 3.63) is 58.1 Å². The van der Waals surface area contributed by atoms with Crippen molar-refractivity contribution in [3.63, 3.8) is 0 Å². The quantitative estimate of drug-likeness (QED) is 0.256. The van der Waals surface area contributed by atoms with E-state index in [4.69, 9.17) is 45.3 Å². The first-order valence-corrected chi connectivity index (χ1v) is 12.8. The molecule has 0 amide bonds. The Kier molecular flexibility index (Phi) is 12.8. The van der Waals surface area contributed by atoms with Crippen molar-refractivity contribution in [3.8, 4) is 12.4 Å². The predicted molar refractivity (Wildman–Crippen MR) is 137 cm³/mol. The topological polar surface area (TPSA) is 113 Å². The van der Waals surface area contributed by atoms with Crippen LogP contribution in [0, 0.1) is 22.9 Å². The van der Waals surface area contributed by atoms with Crippen molar-refractivity contribution in [2.24, 2.45) is 9.98 Å². The highest BCUT2D eigenvalue weighted by molar-refractivity contribution is 8.14. The van der Waals surface area contributed by atoms with Crippen molar-refractivity contribution in [1.82, 2.24) is 20.2 Å². The molecule has 0 aromatic carbocycles. The van der Waals surface area contributed by atoms with Crippen molar-refractivity contribution >= 4 is 68.7 Å². The highest BCUT2D eigenvalue weighted by atomic mass is 35.5. The van der Waals surface area contributed by atoms with Gasteiger partial charge in [-0.25, -0.2) is 9.97 Å². The molecular weight excluding hydrogens is 523 g/mol. The molecule has 33 heavy (non-hydrogen) atoms. The predicted octanol–water partition coefficient (Wildman–Crippen LogP) is 4.75. The number of pyridine rings is 2. The number of aromatic nitrogens is 2.